The highest BCUT2D eigenvalue weighted by Crippen LogP contribution is 2.36. The van der Waals surface area contributed by atoms with Gasteiger partial charge in [0, 0.05) is 11.4 Å². The van der Waals surface area contributed by atoms with Gasteiger partial charge in [0.25, 0.3) is 0 Å². The van der Waals surface area contributed by atoms with E-state index in [1.54, 1.807) is 0 Å². The van der Waals surface area contributed by atoms with Crippen molar-refractivity contribution in [2.45, 2.75) is 18.1 Å². The van der Waals surface area contributed by atoms with Gasteiger partial charge in [-0.1, -0.05) is 5.82 Å². The van der Waals surface area contributed by atoms with Gasteiger partial charge in [0.1, 0.15) is 0 Å². The predicted molar refractivity (Wildman–Crippen MR) is 39.0 cm³/mol. The van der Waals surface area contributed by atoms with Crippen LogP contribution in [0.15, 0.2) is 11.4 Å². The van der Waals surface area contributed by atoms with E-state index in [1.165, 1.54) is 0 Å². The Kier molecular flexibility index (Phi) is 1.47. The quantitative estimate of drug-likeness (QED) is 0.418. The van der Waals surface area contributed by atoms with Crippen LogP contribution in [0.5, 0.6) is 0 Å². The molecule has 0 saturated heterocycles. The zero-order valence-corrected chi connectivity index (χ0v) is 5.17. The molecule has 0 aromatic heterocycles. The normalized spacial score (nSPS) is 35.6. The lowest BCUT2D eigenvalue weighted by molar-refractivity contribution is 0.876. The van der Waals surface area contributed by atoms with Crippen molar-refractivity contribution in [2.75, 3.05) is 0 Å². The molecule has 0 aromatic rings. The standard InChI is InChI=1S/C5H8B2N2/c6-2-1-3(8)5(9)4(2)7/h2,4H,1,8-9H2. The summed E-state index contributed by atoms with van der Waals surface area (Å²) in [5, 5.41) is 0. The van der Waals surface area contributed by atoms with Crippen molar-refractivity contribution in [3.05, 3.63) is 11.4 Å². The predicted octanol–water partition coefficient (Wildman–Crippen LogP) is -0.567. The molecule has 0 saturated carbocycles. The van der Waals surface area contributed by atoms with Crippen molar-refractivity contribution in [2.24, 2.45) is 11.5 Å². The topological polar surface area (TPSA) is 52.0 Å². The third-order valence-corrected chi connectivity index (χ3v) is 1.65. The molecule has 2 unspecified atom stereocenters. The molecule has 4 N–H and O–H groups in total. The first-order valence-electron chi connectivity index (χ1n) is 2.88. The van der Waals surface area contributed by atoms with Crippen LogP contribution >= 0.6 is 0 Å². The molecule has 1 rings (SSSR count). The van der Waals surface area contributed by atoms with Gasteiger partial charge in [-0.2, -0.15) is 0 Å². The number of nitrogens with two attached hydrogens (primary N) is 2. The van der Waals surface area contributed by atoms with Gasteiger partial charge in [0.2, 0.25) is 0 Å². The maximum absolute atomic E-state index is 5.53. The second kappa shape index (κ2) is 2.01. The Bertz CT molecular complexity index is 155. The van der Waals surface area contributed by atoms with Gasteiger partial charge in [-0.15, -0.1) is 0 Å². The summed E-state index contributed by atoms with van der Waals surface area (Å²) in [7, 11) is 11.1. The van der Waals surface area contributed by atoms with Crippen LogP contribution in [0.25, 0.3) is 0 Å². The summed E-state index contributed by atoms with van der Waals surface area (Å²) in [6.07, 6.45) is 0.632. The van der Waals surface area contributed by atoms with E-state index in [0.29, 0.717) is 17.8 Å². The molecule has 0 amide bonds. The maximum atomic E-state index is 5.53. The molecule has 4 radical (unpaired) electrons. The summed E-state index contributed by atoms with van der Waals surface area (Å²) in [4.78, 5) is 0. The Hall–Kier alpha value is -0.530. The second-order valence-electron chi connectivity index (χ2n) is 2.37. The van der Waals surface area contributed by atoms with Crippen molar-refractivity contribution in [1.82, 2.24) is 0 Å². The van der Waals surface area contributed by atoms with Crippen molar-refractivity contribution < 1.29 is 0 Å². The molecule has 44 valence electrons. The Labute approximate surface area is 57.5 Å². The van der Waals surface area contributed by atoms with Gasteiger partial charge < -0.3 is 11.5 Å². The molecule has 1 aliphatic carbocycles. The summed E-state index contributed by atoms with van der Waals surface area (Å²) >= 11 is 0. The molecule has 0 aliphatic heterocycles. The first kappa shape index (κ1) is 6.59. The second-order valence-corrected chi connectivity index (χ2v) is 2.37. The van der Waals surface area contributed by atoms with Crippen molar-refractivity contribution in [1.29, 1.82) is 0 Å². The van der Waals surface area contributed by atoms with Crippen LogP contribution in [0.2, 0.25) is 11.6 Å². The van der Waals surface area contributed by atoms with E-state index in [9.17, 15) is 0 Å². The van der Waals surface area contributed by atoms with Gasteiger partial charge >= 0.3 is 0 Å². The van der Waals surface area contributed by atoms with Crippen LogP contribution in [0.3, 0.4) is 0 Å². The van der Waals surface area contributed by atoms with Gasteiger partial charge in [-0.05, 0) is 12.2 Å². The van der Waals surface area contributed by atoms with E-state index in [0.717, 1.165) is 0 Å². The molecule has 0 aromatic carbocycles. The van der Waals surface area contributed by atoms with Gasteiger partial charge in [-0.3, -0.25) is 0 Å². The van der Waals surface area contributed by atoms with Crippen LogP contribution in [-0.2, 0) is 0 Å². The highest BCUT2D eigenvalue weighted by Gasteiger charge is 2.23. The summed E-state index contributed by atoms with van der Waals surface area (Å²) < 4.78 is 0. The maximum Gasteiger partial charge on any atom is 0.0778 e. The lowest BCUT2D eigenvalue weighted by Gasteiger charge is -2.09. The molecule has 2 atom stereocenters. The minimum Gasteiger partial charge on any atom is -0.401 e. The van der Waals surface area contributed by atoms with E-state index in [2.05, 4.69) is 0 Å². The highest BCUT2D eigenvalue weighted by molar-refractivity contribution is 6.23. The Morgan fingerprint density at radius 1 is 1.33 bits per heavy atom. The smallest absolute Gasteiger partial charge is 0.0778 e. The fraction of sp³-hybridized carbons (Fsp3) is 0.600. The zero-order valence-electron chi connectivity index (χ0n) is 5.17. The van der Waals surface area contributed by atoms with E-state index < -0.39 is 0 Å². The van der Waals surface area contributed by atoms with Gasteiger partial charge in [-0.25, -0.2) is 0 Å². The summed E-state index contributed by atoms with van der Waals surface area (Å²) in [5.74, 6) is -0.310. The number of hydrogen-bond donors (Lipinski definition) is 2. The van der Waals surface area contributed by atoms with E-state index in [-0.39, 0.29) is 11.6 Å². The first-order chi connectivity index (χ1) is 4.13. The monoisotopic (exact) mass is 118 g/mol. The molecule has 0 bridgehead atoms. The van der Waals surface area contributed by atoms with Crippen molar-refractivity contribution in [3.8, 4) is 0 Å². The lowest BCUT2D eigenvalue weighted by atomic mass is 9.68. The van der Waals surface area contributed by atoms with Crippen LogP contribution in [0, 0.1) is 0 Å². The SMILES string of the molecule is [B]C1CC(N)=C(N)C1[B]. The largest absolute Gasteiger partial charge is 0.401 e. The fourth-order valence-electron chi connectivity index (χ4n) is 0.943. The fourth-order valence-corrected chi connectivity index (χ4v) is 0.943. The van der Waals surface area contributed by atoms with Crippen molar-refractivity contribution >= 4 is 15.7 Å². The average Bonchev–Trinajstić information content (AvgIpc) is 1.98. The molecule has 1 aliphatic rings. The van der Waals surface area contributed by atoms with Crippen LogP contribution in [0.1, 0.15) is 6.42 Å². The third kappa shape index (κ3) is 0.934. The molecule has 4 heteroatoms. The van der Waals surface area contributed by atoms with E-state index in [1.807, 2.05) is 0 Å². The summed E-state index contributed by atoms with van der Waals surface area (Å²) in [6, 6.07) is 0. The molecule has 0 spiro atoms. The average molecular weight is 118 g/mol. The van der Waals surface area contributed by atoms with Gasteiger partial charge in [0.05, 0.1) is 15.7 Å². The van der Waals surface area contributed by atoms with E-state index >= 15 is 0 Å². The minimum absolute atomic E-state index is 0.0787. The molecule has 0 fully saturated rings. The third-order valence-electron chi connectivity index (χ3n) is 1.65. The first-order valence-corrected chi connectivity index (χ1v) is 2.88. The Balaban J connectivity index is 2.74. The Morgan fingerprint density at radius 3 is 2.00 bits per heavy atom. The van der Waals surface area contributed by atoms with E-state index in [4.69, 9.17) is 27.2 Å². The molecule has 0 heterocycles. The van der Waals surface area contributed by atoms with Crippen LogP contribution < -0.4 is 11.5 Å². The van der Waals surface area contributed by atoms with Gasteiger partial charge in [0.15, 0.2) is 0 Å². The molecule has 2 nitrogen and oxygen atoms in total. The Morgan fingerprint density at radius 2 is 1.89 bits per heavy atom. The molecular weight excluding hydrogens is 110 g/mol. The highest BCUT2D eigenvalue weighted by atomic mass is 14.7. The number of allylic oxidation sites excluding steroid dienone is 2. The minimum atomic E-state index is -0.231. The van der Waals surface area contributed by atoms with Crippen LogP contribution in [-0.4, -0.2) is 15.7 Å². The lowest BCUT2D eigenvalue weighted by Crippen LogP contribution is -2.08. The number of hydrogen-bond acceptors (Lipinski definition) is 2. The van der Waals surface area contributed by atoms with Crippen molar-refractivity contribution in [3.63, 3.8) is 0 Å². The van der Waals surface area contributed by atoms with Crippen LogP contribution in [0.4, 0.5) is 0 Å². The zero-order chi connectivity index (χ0) is 7.02. The summed E-state index contributed by atoms with van der Waals surface area (Å²) in [6.45, 7) is 0. The number of rotatable bonds is 0. The molecular formula is C5H8B2N2. The summed E-state index contributed by atoms with van der Waals surface area (Å²) in [5.41, 5.74) is 12.1. The molecule has 9 heavy (non-hydrogen) atoms.